The zero-order valence-corrected chi connectivity index (χ0v) is 15.2. The van der Waals surface area contributed by atoms with Crippen LogP contribution in [-0.2, 0) is 4.79 Å². The molecule has 0 aliphatic carbocycles. The maximum atomic E-state index is 12.5. The predicted molar refractivity (Wildman–Crippen MR) is 107 cm³/mol. The van der Waals surface area contributed by atoms with E-state index in [9.17, 15) is 9.59 Å². The van der Waals surface area contributed by atoms with Crippen LogP contribution in [-0.4, -0.2) is 24.1 Å². The van der Waals surface area contributed by atoms with E-state index in [0.717, 1.165) is 27.0 Å². The first kappa shape index (κ1) is 16.7. The Kier molecular flexibility index (Phi) is 4.39. The van der Waals surface area contributed by atoms with E-state index in [-0.39, 0.29) is 11.8 Å². The zero-order valence-electron chi connectivity index (χ0n) is 14.4. The van der Waals surface area contributed by atoms with Gasteiger partial charge in [0.05, 0.1) is 11.4 Å². The summed E-state index contributed by atoms with van der Waals surface area (Å²) in [6.45, 7) is 2.59. The molecule has 26 heavy (non-hydrogen) atoms. The fourth-order valence-electron chi connectivity index (χ4n) is 3.32. The predicted octanol–water partition coefficient (Wildman–Crippen LogP) is 4.55. The molecule has 1 aliphatic heterocycles. The van der Waals surface area contributed by atoms with Crippen molar-refractivity contribution in [3.63, 3.8) is 0 Å². The number of hydrogen-bond donors (Lipinski definition) is 1. The van der Waals surface area contributed by atoms with Gasteiger partial charge in [-0.1, -0.05) is 30.3 Å². The Bertz CT molecular complexity index is 1000. The molecule has 0 saturated heterocycles. The van der Waals surface area contributed by atoms with Crippen LogP contribution in [0.2, 0.25) is 0 Å². The van der Waals surface area contributed by atoms with Gasteiger partial charge in [-0.15, -0.1) is 11.8 Å². The van der Waals surface area contributed by atoms with E-state index >= 15 is 0 Å². The lowest BCUT2D eigenvalue weighted by Crippen LogP contribution is -2.25. The summed E-state index contributed by atoms with van der Waals surface area (Å²) in [5.74, 6) is 0.305. The number of rotatable bonds is 5. The molecule has 0 radical (unpaired) electrons. The van der Waals surface area contributed by atoms with E-state index in [1.165, 1.54) is 11.8 Å². The molecule has 0 fully saturated rings. The van der Waals surface area contributed by atoms with Crippen molar-refractivity contribution >= 4 is 45.7 Å². The van der Waals surface area contributed by atoms with Gasteiger partial charge >= 0.3 is 0 Å². The van der Waals surface area contributed by atoms with E-state index in [2.05, 4.69) is 5.32 Å². The molecule has 5 heteroatoms. The summed E-state index contributed by atoms with van der Waals surface area (Å²) in [5.41, 5.74) is 2.36. The second-order valence-corrected chi connectivity index (χ2v) is 7.11. The highest BCUT2D eigenvalue weighted by Gasteiger charge is 2.29. The number of benzene rings is 3. The van der Waals surface area contributed by atoms with Crippen LogP contribution in [0.25, 0.3) is 10.8 Å². The molecule has 1 heterocycles. The van der Waals surface area contributed by atoms with E-state index in [4.69, 9.17) is 0 Å². The van der Waals surface area contributed by atoms with E-state index < -0.39 is 0 Å². The minimum atomic E-state index is -0.0590. The summed E-state index contributed by atoms with van der Waals surface area (Å²) in [4.78, 5) is 27.8. The third-order valence-corrected chi connectivity index (χ3v) is 5.50. The van der Waals surface area contributed by atoms with Crippen molar-refractivity contribution in [3.8, 4) is 0 Å². The van der Waals surface area contributed by atoms with Gasteiger partial charge in [-0.05, 0) is 37.3 Å². The van der Waals surface area contributed by atoms with Gasteiger partial charge in [-0.25, -0.2) is 0 Å². The molecular weight excluding hydrogens is 344 g/mol. The number of carbonyl (C=O) groups is 2. The van der Waals surface area contributed by atoms with Crippen molar-refractivity contribution in [3.05, 3.63) is 66.2 Å². The van der Waals surface area contributed by atoms with E-state index in [0.29, 0.717) is 17.9 Å². The van der Waals surface area contributed by atoms with E-state index in [1.807, 2.05) is 67.6 Å². The normalized spacial score (nSPS) is 12.7. The summed E-state index contributed by atoms with van der Waals surface area (Å²) in [7, 11) is 0. The van der Waals surface area contributed by atoms with Crippen LogP contribution in [0.15, 0.2) is 65.6 Å². The average Bonchev–Trinajstić information content (AvgIpc) is 2.96. The first-order chi connectivity index (χ1) is 12.7. The van der Waals surface area contributed by atoms with Crippen LogP contribution in [0.3, 0.4) is 0 Å². The minimum Gasteiger partial charge on any atom is -0.325 e. The molecule has 1 aliphatic rings. The smallest absolute Gasteiger partial charge is 0.258 e. The number of carbonyl (C=O) groups excluding carboxylic acids is 2. The lowest BCUT2D eigenvalue weighted by Gasteiger charge is -2.15. The topological polar surface area (TPSA) is 49.4 Å². The van der Waals surface area contributed by atoms with Crippen LogP contribution in [0, 0.1) is 0 Å². The molecule has 0 aromatic heterocycles. The third kappa shape index (κ3) is 2.84. The standard InChI is InChI=1S/C21H18N2O2S/c1-2-23-18-12-11-17(15-9-6-10-16(20(15)18)21(23)25)22-19(24)13-26-14-7-4-3-5-8-14/h3-12H,2,13H2,1H3,(H,22,24). The van der Waals surface area contributed by atoms with Gasteiger partial charge in [0.2, 0.25) is 5.91 Å². The molecule has 0 spiro atoms. The van der Waals surface area contributed by atoms with Crippen molar-refractivity contribution in [2.75, 3.05) is 22.5 Å². The fourth-order valence-corrected chi connectivity index (χ4v) is 4.04. The van der Waals surface area contributed by atoms with Gasteiger partial charge in [0.25, 0.3) is 5.91 Å². The second-order valence-electron chi connectivity index (χ2n) is 6.06. The zero-order chi connectivity index (χ0) is 18.1. The van der Waals surface area contributed by atoms with Crippen molar-refractivity contribution in [2.24, 2.45) is 0 Å². The van der Waals surface area contributed by atoms with Gasteiger partial charge < -0.3 is 10.2 Å². The third-order valence-electron chi connectivity index (χ3n) is 4.49. The SMILES string of the molecule is CCN1C(=O)c2cccc3c(NC(=O)CSc4ccccc4)ccc1c23. The number of thioether (sulfide) groups is 1. The summed E-state index contributed by atoms with van der Waals surface area (Å²) in [6.07, 6.45) is 0. The first-order valence-electron chi connectivity index (χ1n) is 8.54. The maximum Gasteiger partial charge on any atom is 0.258 e. The second kappa shape index (κ2) is 6.84. The Hall–Kier alpha value is -2.79. The Labute approximate surface area is 156 Å². The molecule has 130 valence electrons. The quantitative estimate of drug-likeness (QED) is 0.678. The van der Waals surface area contributed by atoms with Crippen molar-refractivity contribution < 1.29 is 9.59 Å². The molecule has 2 amide bonds. The van der Waals surface area contributed by atoms with Crippen molar-refractivity contribution in [2.45, 2.75) is 11.8 Å². The molecule has 0 bridgehead atoms. The summed E-state index contributed by atoms with van der Waals surface area (Å²) < 4.78 is 0. The minimum absolute atomic E-state index is 0.0243. The monoisotopic (exact) mass is 362 g/mol. The largest absolute Gasteiger partial charge is 0.325 e. The van der Waals surface area contributed by atoms with Crippen LogP contribution >= 0.6 is 11.8 Å². The first-order valence-corrected chi connectivity index (χ1v) is 9.53. The molecule has 3 aromatic carbocycles. The molecule has 4 rings (SSSR count). The highest BCUT2D eigenvalue weighted by molar-refractivity contribution is 8.00. The average molecular weight is 362 g/mol. The van der Waals surface area contributed by atoms with Gasteiger partial charge in [0, 0.05) is 33.5 Å². The van der Waals surface area contributed by atoms with Gasteiger partial charge in [-0.2, -0.15) is 0 Å². The summed E-state index contributed by atoms with van der Waals surface area (Å²) in [5, 5.41) is 4.82. The number of nitrogens with one attached hydrogen (secondary N) is 1. The fraction of sp³-hybridized carbons (Fsp3) is 0.143. The van der Waals surface area contributed by atoms with Crippen LogP contribution in [0.5, 0.6) is 0 Å². The highest BCUT2D eigenvalue weighted by Crippen LogP contribution is 2.40. The molecule has 0 atom stereocenters. The van der Waals surface area contributed by atoms with Gasteiger partial charge in [0.15, 0.2) is 0 Å². The maximum absolute atomic E-state index is 12.5. The molecule has 0 saturated carbocycles. The number of nitrogens with zero attached hydrogens (tertiary/aromatic N) is 1. The highest BCUT2D eigenvalue weighted by atomic mass is 32.2. The van der Waals surface area contributed by atoms with Crippen molar-refractivity contribution in [1.82, 2.24) is 0 Å². The van der Waals surface area contributed by atoms with Crippen LogP contribution in [0.1, 0.15) is 17.3 Å². The number of anilines is 2. The van der Waals surface area contributed by atoms with Crippen LogP contribution in [0.4, 0.5) is 11.4 Å². The van der Waals surface area contributed by atoms with E-state index in [1.54, 1.807) is 4.90 Å². The number of hydrogen-bond acceptors (Lipinski definition) is 3. The van der Waals surface area contributed by atoms with Crippen LogP contribution < -0.4 is 10.2 Å². The van der Waals surface area contributed by atoms with Crippen molar-refractivity contribution in [1.29, 1.82) is 0 Å². The summed E-state index contributed by atoms with van der Waals surface area (Å²) >= 11 is 1.50. The lowest BCUT2D eigenvalue weighted by molar-refractivity contribution is -0.113. The molecular formula is C21H18N2O2S. The Morgan fingerprint density at radius 1 is 1.04 bits per heavy atom. The van der Waals surface area contributed by atoms with Gasteiger partial charge in [-0.3, -0.25) is 9.59 Å². The molecule has 3 aromatic rings. The Morgan fingerprint density at radius 2 is 1.85 bits per heavy atom. The molecule has 4 nitrogen and oxygen atoms in total. The summed E-state index contributed by atoms with van der Waals surface area (Å²) in [6, 6.07) is 19.3. The Balaban J connectivity index is 1.60. The molecule has 0 unspecified atom stereocenters. The lowest BCUT2D eigenvalue weighted by atomic mass is 10.0. The molecule has 1 N–H and O–H groups in total. The number of amides is 2. The Morgan fingerprint density at radius 3 is 2.62 bits per heavy atom. The van der Waals surface area contributed by atoms with Gasteiger partial charge in [0.1, 0.15) is 0 Å².